The normalized spacial score (nSPS) is 11.4. The van der Waals surface area contributed by atoms with Crippen LogP contribution < -0.4 is 0 Å². The minimum atomic E-state index is 0.709. The number of benzene rings is 1. The molecule has 0 N–H and O–H groups in total. The largest absolute Gasteiger partial charge is 0.331 e. The van der Waals surface area contributed by atoms with Crippen LogP contribution in [0.2, 0.25) is 0 Å². The minimum absolute atomic E-state index is 0.709. The predicted octanol–water partition coefficient (Wildman–Crippen LogP) is 5.73. The monoisotopic (exact) mass is 338 g/mol. The fraction of sp³-hybridized carbons (Fsp3) is 0.381. The molecule has 0 unspecified atom stereocenters. The Balaban J connectivity index is 1.78. The second kappa shape index (κ2) is 7.35. The van der Waals surface area contributed by atoms with Gasteiger partial charge in [-0.2, -0.15) is 0 Å². The Labute approximate surface area is 149 Å². The lowest BCUT2D eigenvalue weighted by Crippen LogP contribution is -2.03. The lowest BCUT2D eigenvalue weighted by Gasteiger charge is -2.08. The van der Waals surface area contributed by atoms with Crippen molar-refractivity contribution in [2.75, 3.05) is 0 Å². The maximum absolute atomic E-state index is 4.40. The lowest BCUT2D eigenvalue weighted by atomic mass is 9.99. The van der Waals surface area contributed by atoms with Crippen molar-refractivity contribution in [3.63, 3.8) is 0 Å². The summed E-state index contributed by atoms with van der Waals surface area (Å²) in [5.41, 5.74) is 5.48. The van der Waals surface area contributed by atoms with Crippen LogP contribution in [0.25, 0.3) is 11.1 Å². The van der Waals surface area contributed by atoms with Crippen molar-refractivity contribution < 1.29 is 0 Å². The second-order valence-electron chi connectivity index (χ2n) is 6.82. The van der Waals surface area contributed by atoms with E-state index in [1.165, 1.54) is 33.6 Å². The third-order valence-corrected chi connectivity index (χ3v) is 5.58. The highest BCUT2D eigenvalue weighted by Crippen LogP contribution is 2.32. The molecule has 3 aromatic rings. The second-order valence-corrected chi connectivity index (χ2v) is 7.78. The van der Waals surface area contributed by atoms with Crippen molar-refractivity contribution in [2.45, 2.75) is 47.1 Å². The van der Waals surface area contributed by atoms with Crippen LogP contribution in [0.5, 0.6) is 0 Å². The van der Waals surface area contributed by atoms with Crippen molar-refractivity contribution in [1.82, 2.24) is 9.55 Å². The third-order valence-electron chi connectivity index (χ3n) is 4.47. The molecule has 0 amide bonds. The zero-order chi connectivity index (χ0) is 17.1. The molecule has 2 aromatic heterocycles. The molecule has 0 aliphatic carbocycles. The van der Waals surface area contributed by atoms with Gasteiger partial charge in [0.1, 0.15) is 5.82 Å². The fourth-order valence-corrected chi connectivity index (χ4v) is 4.39. The Kier molecular flexibility index (Phi) is 5.20. The Morgan fingerprint density at radius 1 is 1.17 bits per heavy atom. The average Bonchev–Trinajstić information content (AvgIpc) is 3.15. The maximum atomic E-state index is 4.40. The topological polar surface area (TPSA) is 17.8 Å². The molecule has 1 aromatic carbocycles. The van der Waals surface area contributed by atoms with Crippen molar-refractivity contribution in [3.8, 4) is 11.1 Å². The molecule has 0 saturated carbocycles. The van der Waals surface area contributed by atoms with Crippen LogP contribution in [0.3, 0.4) is 0 Å². The van der Waals surface area contributed by atoms with Gasteiger partial charge < -0.3 is 4.57 Å². The minimum Gasteiger partial charge on any atom is -0.331 e. The van der Waals surface area contributed by atoms with Crippen molar-refractivity contribution in [2.24, 2.45) is 5.92 Å². The number of thiophene rings is 1. The molecule has 3 rings (SSSR count). The molecule has 0 fully saturated rings. The zero-order valence-electron chi connectivity index (χ0n) is 15.0. The average molecular weight is 339 g/mol. The highest BCUT2D eigenvalue weighted by molar-refractivity contribution is 7.10. The van der Waals surface area contributed by atoms with Crippen LogP contribution in [0.4, 0.5) is 0 Å². The Morgan fingerprint density at radius 2 is 1.92 bits per heavy atom. The molecule has 0 aliphatic heterocycles. The van der Waals surface area contributed by atoms with Crippen LogP contribution in [-0.4, -0.2) is 9.55 Å². The SMILES string of the molecule is CCc1nccn1Cc1ccc(-c2csc(CC(C)C)c2C)cc1. The van der Waals surface area contributed by atoms with E-state index >= 15 is 0 Å². The van der Waals surface area contributed by atoms with Crippen LogP contribution in [-0.2, 0) is 19.4 Å². The molecule has 3 heteroatoms. The van der Waals surface area contributed by atoms with Crippen LogP contribution in [0, 0.1) is 12.8 Å². The van der Waals surface area contributed by atoms with E-state index in [4.69, 9.17) is 0 Å². The molecule has 0 atom stereocenters. The van der Waals surface area contributed by atoms with Gasteiger partial charge in [-0.1, -0.05) is 45.0 Å². The van der Waals surface area contributed by atoms with Gasteiger partial charge in [0.15, 0.2) is 0 Å². The van der Waals surface area contributed by atoms with E-state index in [9.17, 15) is 0 Å². The molecule has 126 valence electrons. The number of aromatic nitrogens is 2. The lowest BCUT2D eigenvalue weighted by molar-refractivity contribution is 0.652. The van der Waals surface area contributed by atoms with Gasteiger partial charge in [0.25, 0.3) is 0 Å². The molecule has 0 radical (unpaired) electrons. The molecule has 0 spiro atoms. The third kappa shape index (κ3) is 3.62. The predicted molar refractivity (Wildman–Crippen MR) is 104 cm³/mol. The summed E-state index contributed by atoms with van der Waals surface area (Å²) in [7, 11) is 0. The van der Waals surface area contributed by atoms with E-state index in [-0.39, 0.29) is 0 Å². The summed E-state index contributed by atoms with van der Waals surface area (Å²) in [5.74, 6) is 1.85. The number of aryl methyl sites for hydroxylation is 1. The number of nitrogens with zero attached hydrogens (tertiary/aromatic N) is 2. The molecular formula is C21H26N2S. The highest BCUT2D eigenvalue weighted by Gasteiger charge is 2.11. The van der Waals surface area contributed by atoms with E-state index in [1.54, 1.807) is 0 Å². The first-order chi connectivity index (χ1) is 11.6. The Morgan fingerprint density at radius 3 is 2.58 bits per heavy atom. The van der Waals surface area contributed by atoms with Crippen LogP contribution in [0.15, 0.2) is 42.0 Å². The molecule has 2 nitrogen and oxygen atoms in total. The fourth-order valence-electron chi connectivity index (χ4n) is 3.10. The molecule has 0 aliphatic rings. The summed E-state index contributed by atoms with van der Waals surface area (Å²) >= 11 is 1.90. The molecule has 0 bridgehead atoms. The van der Waals surface area contributed by atoms with Crippen LogP contribution in [0.1, 0.15) is 42.6 Å². The van der Waals surface area contributed by atoms with Crippen LogP contribution >= 0.6 is 11.3 Å². The Hall–Kier alpha value is -1.87. The van der Waals surface area contributed by atoms with E-state index in [1.807, 2.05) is 17.5 Å². The van der Waals surface area contributed by atoms with Gasteiger partial charge >= 0.3 is 0 Å². The van der Waals surface area contributed by atoms with Gasteiger partial charge in [-0.3, -0.25) is 0 Å². The van der Waals surface area contributed by atoms with E-state index in [0.29, 0.717) is 5.92 Å². The summed E-state index contributed by atoms with van der Waals surface area (Å²) in [6.45, 7) is 9.87. The van der Waals surface area contributed by atoms with Gasteiger partial charge in [0, 0.05) is 30.2 Å². The molecule has 24 heavy (non-hydrogen) atoms. The summed E-state index contributed by atoms with van der Waals surface area (Å²) in [4.78, 5) is 5.92. The van der Waals surface area contributed by atoms with Gasteiger partial charge in [-0.25, -0.2) is 4.98 Å². The molecule has 0 saturated heterocycles. The highest BCUT2D eigenvalue weighted by atomic mass is 32.1. The number of rotatable bonds is 6. The van der Waals surface area contributed by atoms with Gasteiger partial charge in [-0.05, 0) is 46.9 Å². The summed E-state index contributed by atoms with van der Waals surface area (Å²) in [6.07, 6.45) is 6.10. The van der Waals surface area contributed by atoms with Gasteiger partial charge in [0.05, 0.1) is 0 Å². The van der Waals surface area contributed by atoms with Gasteiger partial charge in [0.2, 0.25) is 0 Å². The quantitative estimate of drug-likeness (QED) is 0.561. The van der Waals surface area contributed by atoms with E-state index in [2.05, 4.69) is 73.1 Å². The summed E-state index contributed by atoms with van der Waals surface area (Å²) in [5, 5.41) is 2.31. The summed E-state index contributed by atoms with van der Waals surface area (Å²) < 4.78 is 2.23. The number of imidazole rings is 1. The van der Waals surface area contributed by atoms with Crippen molar-refractivity contribution >= 4 is 11.3 Å². The van der Waals surface area contributed by atoms with Gasteiger partial charge in [-0.15, -0.1) is 11.3 Å². The molecule has 2 heterocycles. The molecular weight excluding hydrogens is 312 g/mol. The first kappa shape index (κ1) is 17.0. The smallest absolute Gasteiger partial charge is 0.108 e. The number of hydrogen-bond donors (Lipinski definition) is 0. The standard InChI is InChI=1S/C21H26N2S/c1-5-21-22-10-11-23(21)13-17-6-8-18(9-7-17)19-14-24-20(16(19)4)12-15(2)3/h6-11,14-15H,5,12-13H2,1-4H3. The first-order valence-corrected chi connectivity index (χ1v) is 9.62. The first-order valence-electron chi connectivity index (χ1n) is 8.74. The van der Waals surface area contributed by atoms with Crippen molar-refractivity contribution in [3.05, 3.63) is 63.9 Å². The number of hydrogen-bond acceptors (Lipinski definition) is 2. The zero-order valence-corrected chi connectivity index (χ0v) is 15.9. The van der Waals surface area contributed by atoms with E-state index < -0.39 is 0 Å². The maximum Gasteiger partial charge on any atom is 0.108 e. The summed E-state index contributed by atoms with van der Waals surface area (Å²) in [6, 6.07) is 9.00. The van der Waals surface area contributed by atoms with E-state index in [0.717, 1.165) is 18.8 Å². The Bertz CT molecular complexity index is 794. The van der Waals surface area contributed by atoms with Crippen molar-refractivity contribution in [1.29, 1.82) is 0 Å².